The second-order valence-electron chi connectivity index (χ2n) is 8.71. The van der Waals surface area contributed by atoms with E-state index in [1.165, 1.54) is 30.6 Å². The summed E-state index contributed by atoms with van der Waals surface area (Å²) < 4.78 is 73.0. The maximum Gasteiger partial charge on any atom is 0.387 e. The van der Waals surface area contributed by atoms with Crippen molar-refractivity contribution in [3.63, 3.8) is 0 Å². The monoisotopic (exact) mass is 489 g/mol. The smallest absolute Gasteiger partial charge is 0.387 e. The van der Waals surface area contributed by atoms with E-state index in [4.69, 9.17) is 0 Å². The van der Waals surface area contributed by atoms with E-state index in [1.807, 2.05) is 12.1 Å². The van der Waals surface area contributed by atoms with Crippen molar-refractivity contribution in [3.05, 3.63) is 77.6 Å². The molecule has 0 bridgehead atoms. The molecule has 1 fully saturated rings. The van der Waals surface area contributed by atoms with Crippen LogP contribution < -0.4 is 4.74 Å². The molecule has 179 valence electrons. The number of benzene rings is 3. The van der Waals surface area contributed by atoms with Gasteiger partial charge in [0, 0.05) is 14.4 Å². The van der Waals surface area contributed by atoms with E-state index < -0.39 is 29.8 Å². The lowest BCUT2D eigenvalue weighted by atomic mass is 9.87. The normalized spacial score (nSPS) is 15.1. The molecule has 1 nitrogen and oxygen atoms in total. The second kappa shape index (κ2) is 10.7. The molecule has 1 heterocycles. The van der Waals surface area contributed by atoms with Crippen LogP contribution in [0.15, 0.2) is 54.6 Å². The maximum absolute atomic E-state index is 14.7. The Balaban J connectivity index is 1.78. The average molecular weight is 490 g/mol. The molecule has 0 atom stereocenters. The van der Waals surface area contributed by atoms with Crippen molar-refractivity contribution in [2.24, 2.45) is 0 Å². The van der Waals surface area contributed by atoms with Crippen LogP contribution in [0.5, 0.6) is 5.75 Å². The van der Waals surface area contributed by atoms with Crippen molar-refractivity contribution < 1.29 is 26.7 Å². The highest BCUT2D eigenvalue weighted by atomic mass is 28.3. The Morgan fingerprint density at radius 3 is 2.15 bits per heavy atom. The predicted octanol–water partition coefficient (Wildman–Crippen LogP) is 8.82. The predicted molar refractivity (Wildman–Crippen MR) is 126 cm³/mol. The van der Waals surface area contributed by atoms with Crippen LogP contribution in [0.1, 0.15) is 37.7 Å². The molecule has 0 unspecified atom stereocenters. The van der Waals surface area contributed by atoms with E-state index in [9.17, 15) is 22.0 Å². The lowest BCUT2D eigenvalue weighted by Crippen LogP contribution is -2.20. The minimum absolute atomic E-state index is 0.142. The first-order valence-electron chi connectivity index (χ1n) is 11.5. The van der Waals surface area contributed by atoms with Crippen molar-refractivity contribution in [3.8, 4) is 28.0 Å². The number of hydrogen-bond donors (Lipinski definition) is 0. The van der Waals surface area contributed by atoms with E-state index in [-0.39, 0.29) is 14.4 Å². The molecule has 34 heavy (non-hydrogen) atoms. The molecule has 0 aliphatic carbocycles. The molecule has 0 aromatic heterocycles. The van der Waals surface area contributed by atoms with Gasteiger partial charge in [0.25, 0.3) is 0 Å². The number of halogens is 5. The van der Waals surface area contributed by atoms with E-state index >= 15 is 0 Å². The fourth-order valence-corrected chi connectivity index (χ4v) is 7.82. The molecule has 7 heteroatoms. The van der Waals surface area contributed by atoms with Gasteiger partial charge in [0.05, 0.1) is 0 Å². The Bertz CT molecular complexity index is 1120. The number of rotatable bonds is 7. The molecule has 0 N–H and O–H groups in total. The standard InChI is InChI=1S/C27H26F5OSi/c1-2-11-34-12-9-17(10-13-34)18-7-8-20(21-5-3-4-6-23(21)28)22(14-18)19-15-24(29)26(25(30)16-19)33-27(31)32/h3-8,14-17,27H,2,9-13H2,1H3. The fraction of sp³-hybridized carbons (Fsp3) is 0.333. The van der Waals surface area contributed by atoms with Crippen LogP contribution >= 0.6 is 0 Å². The molecule has 0 amide bonds. The molecule has 1 aliphatic heterocycles. The molecule has 0 saturated carbocycles. The Morgan fingerprint density at radius 1 is 0.853 bits per heavy atom. The first-order valence-corrected chi connectivity index (χ1v) is 13.7. The highest BCUT2D eigenvalue weighted by molar-refractivity contribution is 6.59. The van der Waals surface area contributed by atoms with Gasteiger partial charge in [-0.15, -0.1) is 0 Å². The zero-order valence-corrected chi connectivity index (χ0v) is 19.9. The molecular weight excluding hydrogens is 463 g/mol. The van der Waals surface area contributed by atoms with Gasteiger partial charge in [-0.2, -0.15) is 8.78 Å². The van der Waals surface area contributed by atoms with Gasteiger partial charge in [-0.3, -0.25) is 0 Å². The Morgan fingerprint density at radius 2 is 1.53 bits per heavy atom. The van der Waals surface area contributed by atoms with Crippen molar-refractivity contribution in [2.75, 3.05) is 0 Å². The third kappa shape index (κ3) is 5.35. The van der Waals surface area contributed by atoms with Gasteiger partial charge in [0.2, 0.25) is 0 Å². The summed E-state index contributed by atoms with van der Waals surface area (Å²) in [6.45, 7) is -1.13. The molecular formula is C27H26F5OSi. The summed E-state index contributed by atoms with van der Waals surface area (Å²) >= 11 is 0. The fourth-order valence-electron chi connectivity index (χ4n) is 4.85. The molecule has 3 aromatic rings. The minimum Gasteiger partial charge on any atom is -0.429 e. The van der Waals surface area contributed by atoms with Gasteiger partial charge in [-0.1, -0.05) is 67.9 Å². The third-order valence-corrected chi connectivity index (χ3v) is 9.69. The van der Waals surface area contributed by atoms with Crippen LogP contribution in [0.3, 0.4) is 0 Å². The van der Waals surface area contributed by atoms with Crippen molar-refractivity contribution >= 4 is 8.80 Å². The van der Waals surface area contributed by atoms with Crippen LogP contribution in [0, 0.1) is 17.5 Å². The number of hydrogen-bond acceptors (Lipinski definition) is 1. The maximum atomic E-state index is 14.7. The van der Waals surface area contributed by atoms with Gasteiger partial charge in [-0.05, 0) is 59.2 Å². The summed E-state index contributed by atoms with van der Waals surface area (Å²) in [5, 5.41) is 0. The summed E-state index contributed by atoms with van der Waals surface area (Å²) in [5.41, 5.74) is 2.42. The molecule has 4 rings (SSSR count). The van der Waals surface area contributed by atoms with Crippen LogP contribution in [0.2, 0.25) is 18.1 Å². The van der Waals surface area contributed by atoms with E-state index in [0.717, 1.165) is 30.5 Å². The van der Waals surface area contributed by atoms with Gasteiger partial charge >= 0.3 is 6.61 Å². The summed E-state index contributed by atoms with van der Waals surface area (Å²) in [5.74, 6) is -3.72. The summed E-state index contributed by atoms with van der Waals surface area (Å²) in [7, 11) is -0.306. The average Bonchev–Trinajstić information content (AvgIpc) is 2.82. The SMILES string of the molecule is CCC[Si]1CCC(c2ccc(-c3ccccc3F)c(-c3cc(F)c(OC(F)F)c(F)c3)c2)CC1. The van der Waals surface area contributed by atoms with E-state index in [2.05, 4.69) is 11.7 Å². The molecule has 3 aromatic carbocycles. The van der Waals surface area contributed by atoms with E-state index in [1.54, 1.807) is 24.3 Å². The third-order valence-electron chi connectivity index (χ3n) is 6.49. The lowest BCUT2D eigenvalue weighted by Gasteiger charge is -2.28. The van der Waals surface area contributed by atoms with Crippen LogP contribution in [-0.4, -0.2) is 15.4 Å². The lowest BCUT2D eigenvalue weighted by molar-refractivity contribution is -0.0546. The molecule has 1 aliphatic rings. The summed E-state index contributed by atoms with van der Waals surface area (Å²) in [6.07, 6.45) is 3.34. The van der Waals surface area contributed by atoms with Crippen molar-refractivity contribution in [1.82, 2.24) is 0 Å². The Hall–Kier alpha value is -2.67. The Labute approximate surface area is 198 Å². The molecule has 0 spiro atoms. The Kier molecular flexibility index (Phi) is 7.71. The van der Waals surface area contributed by atoms with Crippen LogP contribution in [0.25, 0.3) is 22.3 Å². The zero-order chi connectivity index (χ0) is 24.2. The molecule has 1 radical (unpaired) electrons. The number of ether oxygens (including phenoxy) is 1. The van der Waals surface area contributed by atoms with Gasteiger partial charge in [0.1, 0.15) is 5.82 Å². The summed E-state index contributed by atoms with van der Waals surface area (Å²) in [6, 6.07) is 17.5. The van der Waals surface area contributed by atoms with Crippen LogP contribution in [0.4, 0.5) is 22.0 Å². The second-order valence-corrected chi connectivity index (χ2v) is 11.7. The highest BCUT2D eigenvalue weighted by Gasteiger charge is 2.25. The van der Waals surface area contributed by atoms with Gasteiger partial charge < -0.3 is 4.74 Å². The minimum atomic E-state index is -3.35. The first-order chi connectivity index (χ1) is 16.4. The van der Waals surface area contributed by atoms with Gasteiger partial charge in [-0.25, -0.2) is 13.2 Å². The topological polar surface area (TPSA) is 9.23 Å². The highest BCUT2D eigenvalue weighted by Crippen LogP contribution is 2.41. The van der Waals surface area contributed by atoms with E-state index in [0.29, 0.717) is 22.6 Å². The zero-order valence-electron chi connectivity index (χ0n) is 18.9. The van der Waals surface area contributed by atoms with Crippen LogP contribution in [-0.2, 0) is 0 Å². The quantitative estimate of drug-likeness (QED) is 0.238. The van der Waals surface area contributed by atoms with Gasteiger partial charge in [0.15, 0.2) is 17.4 Å². The summed E-state index contributed by atoms with van der Waals surface area (Å²) in [4.78, 5) is 0. The first kappa shape index (κ1) is 24.5. The number of alkyl halides is 2. The van der Waals surface area contributed by atoms with Crippen molar-refractivity contribution in [1.29, 1.82) is 0 Å². The van der Waals surface area contributed by atoms with Crippen molar-refractivity contribution in [2.45, 2.75) is 56.8 Å². The largest absolute Gasteiger partial charge is 0.429 e. The molecule has 1 saturated heterocycles.